The van der Waals surface area contributed by atoms with Crippen molar-refractivity contribution in [3.05, 3.63) is 35.1 Å². The van der Waals surface area contributed by atoms with Crippen LogP contribution >= 0.6 is 0 Å². The van der Waals surface area contributed by atoms with Crippen LogP contribution in [0.2, 0.25) is 0 Å². The van der Waals surface area contributed by atoms with Crippen LogP contribution in [0, 0.1) is 12.8 Å². The fourth-order valence-corrected chi connectivity index (χ4v) is 3.59. The summed E-state index contributed by atoms with van der Waals surface area (Å²) in [6, 6.07) is 3.81. The topological polar surface area (TPSA) is 90.1 Å². The van der Waals surface area contributed by atoms with Gasteiger partial charge in [0, 0.05) is 12.5 Å². The van der Waals surface area contributed by atoms with Gasteiger partial charge >= 0.3 is 0 Å². The van der Waals surface area contributed by atoms with Crippen LogP contribution in [0.1, 0.15) is 78.6 Å². The maximum atomic E-state index is 12.9. The Labute approximate surface area is 157 Å². The quantitative estimate of drug-likeness (QED) is 0.807. The molecule has 0 bridgehead atoms. The van der Waals surface area contributed by atoms with E-state index in [0.29, 0.717) is 41.7 Å². The molecule has 5 rings (SSSR count). The summed E-state index contributed by atoms with van der Waals surface area (Å²) >= 11 is 0. The average Bonchev–Trinajstić information content (AvgIpc) is 3.55. The van der Waals surface area contributed by atoms with E-state index in [-0.39, 0.29) is 5.91 Å². The third kappa shape index (κ3) is 3.31. The Morgan fingerprint density at radius 1 is 1.26 bits per heavy atom. The van der Waals surface area contributed by atoms with Crippen molar-refractivity contribution in [3.63, 3.8) is 0 Å². The van der Waals surface area contributed by atoms with Crippen LogP contribution < -0.4 is 10.1 Å². The van der Waals surface area contributed by atoms with Crippen molar-refractivity contribution in [1.82, 2.24) is 20.4 Å². The molecule has 0 aromatic carbocycles. The first-order valence-electron chi connectivity index (χ1n) is 9.90. The Bertz CT molecular complexity index is 866. The van der Waals surface area contributed by atoms with Gasteiger partial charge in [-0.15, -0.1) is 0 Å². The standard InChI is InChI=1S/C20H24N4O3/c1-12-21-19(24-27-12)20(9-2-10-20)23-17(25)16-8-7-15(14-5-6-14)18(22-16)26-11-13-3-4-13/h7-8,13-14H,2-6,9-11H2,1H3,(H,23,25). The first-order chi connectivity index (χ1) is 13.1. The molecule has 1 N–H and O–H groups in total. The molecule has 0 atom stereocenters. The number of nitrogens with zero attached hydrogens (tertiary/aromatic N) is 3. The zero-order chi connectivity index (χ0) is 18.4. The Morgan fingerprint density at radius 3 is 2.67 bits per heavy atom. The van der Waals surface area contributed by atoms with Gasteiger partial charge in [-0.2, -0.15) is 4.98 Å². The van der Waals surface area contributed by atoms with Crippen LogP contribution in [-0.2, 0) is 5.54 Å². The molecule has 2 aromatic rings. The molecule has 0 spiro atoms. The van der Waals surface area contributed by atoms with Crippen molar-refractivity contribution in [2.45, 2.75) is 63.3 Å². The lowest BCUT2D eigenvalue weighted by molar-refractivity contribution is 0.0798. The number of carbonyl (C=O) groups excluding carboxylic acids is 1. The van der Waals surface area contributed by atoms with Crippen molar-refractivity contribution in [2.75, 3.05) is 6.61 Å². The Hall–Kier alpha value is -2.44. The lowest BCUT2D eigenvalue weighted by atomic mass is 9.76. The number of amides is 1. The second kappa shape index (κ2) is 6.32. The highest BCUT2D eigenvalue weighted by Gasteiger charge is 2.44. The Kier molecular flexibility index (Phi) is 3.91. The number of pyridine rings is 1. The van der Waals surface area contributed by atoms with Crippen molar-refractivity contribution in [3.8, 4) is 5.88 Å². The van der Waals surface area contributed by atoms with Gasteiger partial charge in [0.25, 0.3) is 5.91 Å². The van der Waals surface area contributed by atoms with E-state index in [4.69, 9.17) is 9.26 Å². The van der Waals surface area contributed by atoms with Crippen LogP contribution in [0.5, 0.6) is 5.88 Å². The van der Waals surface area contributed by atoms with Crippen LogP contribution in [0.3, 0.4) is 0 Å². The molecule has 2 aromatic heterocycles. The van der Waals surface area contributed by atoms with E-state index in [0.717, 1.165) is 24.8 Å². The molecular weight excluding hydrogens is 344 g/mol. The molecule has 0 radical (unpaired) electrons. The van der Waals surface area contributed by atoms with Gasteiger partial charge in [0.2, 0.25) is 11.8 Å². The number of ether oxygens (including phenoxy) is 1. The van der Waals surface area contributed by atoms with Gasteiger partial charge in [-0.25, -0.2) is 4.98 Å². The summed E-state index contributed by atoms with van der Waals surface area (Å²) in [5.41, 5.74) is 0.983. The van der Waals surface area contributed by atoms with Gasteiger partial charge in [-0.05, 0) is 62.8 Å². The van der Waals surface area contributed by atoms with Crippen LogP contribution in [0.25, 0.3) is 0 Å². The molecule has 0 unspecified atom stereocenters. The monoisotopic (exact) mass is 368 g/mol. The first-order valence-corrected chi connectivity index (χ1v) is 9.90. The van der Waals surface area contributed by atoms with E-state index >= 15 is 0 Å². The molecule has 2 heterocycles. The number of carbonyl (C=O) groups is 1. The summed E-state index contributed by atoms with van der Waals surface area (Å²) in [6.07, 6.45) is 7.45. The molecule has 27 heavy (non-hydrogen) atoms. The summed E-state index contributed by atoms with van der Waals surface area (Å²) in [4.78, 5) is 21.8. The fourth-order valence-electron chi connectivity index (χ4n) is 3.59. The second-order valence-corrected chi connectivity index (χ2v) is 8.15. The third-order valence-corrected chi connectivity index (χ3v) is 5.81. The predicted octanol–water partition coefficient (Wildman–Crippen LogP) is 3.25. The summed E-state index contributed by atoms with van der Waals surface area (Å²) in [6.45, 7) is 2.45. The number of nitrogens with one attached hydrogen (secondary N) is 1. The van der Waals surface area contributed by atoms with Crippen LogP contribution in [0.15, 0.2) is 16.7 Å². The molecular formula is C20H24N4O3. The second-order valence-electron chi connectivity index (χ2n) is 8.15. The summed E-state index contributed by atoms with van der Waals surface area (Å²) < 4.78 is 11.1. The molecule has 7 nitrogen and oxygen atoms in total. The summed E-state index contributed by atoms with van der Waals surface area (Å²) in [5, 5.41) is 7.13. The maximum absolute atomic E-state index is 12.9. The van der Waals surface area contributed by atoms with Crippen molar-refractivity contribution in [1.29, 1.82) is 0 Å². The summed E-state index contributed by atoms with van der Waals surface area (Å²) in [7, 11) is 0. The molecule has 0 aliphatic heterocycles. The zero-order valence-corrected chi connectivity index (χ0v) is 15.5. The minimum absolute atomic E-state index is 0.212. The minimum Gasteiger partial charge on any atom is -0.477 e. The van der Waals surface area contributed by atoms with Gasteiger partial charge in [0.05, 0.1) is 6.61 Å². The van der Waals surface area contributed by atoms with Crippen molar-refractivity contribution in [2.24, 2.45) is 5.92 Å². The number of rotatable bonds is 7. The fraction of sp³-hybridized carbons (Fsp3) is 0.600. The van der Waals surface area contributed by atoms with E-state index in [1.807, 2.05) is 6.07 Å². The van der Waals surface area contributed by atoms with E-state index in [9.17, 15) is 4.79 Å². The minimum atomic E-state index is -0.541. The average molecular weight is 368 g/mol. The molecule has 142 valence electrons. The zero-order valence-electron chi connectivity index (χ0n) is 15.5. The number of hydrogen-bond acceptors (Lipinski definition) is 6. The van der Waals surface area contributed by atoms with Gasteiger partial charge in [-0.3, -0.25) is 4.79 Å². The third-order valence-electron chi connectivity index (χ3n) is 5.81. The highest BCUT2D eigenvalue weighted by molar-refractivity contribution is 5.93. The maximum Gasteiger partial charge on any atom is 0.270 e. The van der Waals surface area contributed by atoms with E-state index in [1.165, 1.54) is 25.7 Å². The highest BCUT2D eigenvalue weighted by atomic mass is 16.5. The predicted molar refractivity (Wildman–Crippen MR) is 96.5 cm³/mol. The van der Waals surface area contributed by atoms with Crippen molar-refractivity contribution < 1.29 is 14.1 Å². The Balaban J connectivity index is 1.36. The lowest BCUT2D eigenvalue weighted by Crippen LogP contribution is -2.51. The SMILES string of the molecule is Cc1nc(C2(NC(=O)c3ccc(C4CC4)c(OCC4CC4)n3)CCC2)no1. The molecule has 3 aliphatic carbocycles. The largest absolute Gasteiger partial charge is 0.477 e. The van der Waals surface area contributed by atoms with Gasteiger partial charge < -0.3 is 14.6 Å². The first kappa shape index (κ1) is 16.7. The highest BCUT2D eigenvalue weighted by Crippen LogP contribution is 2.44. The molecule has 1 amide bonds. The van der Waals surface area contributed by atoms with Crippen LogP contribution in [0.4, 0.5) is 0 Å². The van der Waals surface area contributed by atoms with E-state index < -0.39 is 5.54 Å². The van der Waals surface area contributed by atoms with Crippen LogP contribution in [-0.4, -0.2) is 27.6 Å². The number of hydrogen-bond donors (Lipinski definition) is 1. The van der Waals surface area contributed by atoms with Gasteiger partial charge in [-0.1, -0.05) is 11.2 Å². The van der Waals surface area contributed by atoms with Crippen molar-refractivity contribution >= 4 is 5.91 Å². The van der Waals surface area contributed by atoms with Gasteiger partial charge in [0.15, 0.2) is 5.82 Å². The normalized spacial score (nSPS) is 20.8. The lowest BCUT2D eigenvalue weighted by Gasteiger charge is -2.39. The molecule has 3 saturated carbocycles. The molecule has 0 saturated heterocycles. The van der Waals surface area contributed by atoms with Gasteiger partial charge in [0.1, 0.15) is 11.2 Å². The molecule has 7 heteroatoms. The smallest absolute Gasteiger partial charge is 0.270 e. The molecule has 3 aliphatic rings. The summed E-state index contributed by atoms with van der Waals surface area (Å²) in [5.74, 6) is 2.67. The van der Waals surface area contributed by atoms with E-state index in [2.05, 4.69) is 20.4 Å². The number of aryl methyl sites for hydroxylation is 1. The number of aromatic nitrogens is 3. The Morgan fingerprint density at radius 2 is 2.07 bits per heavy atom. The van der Waals surface area contributed by atoms with E-state index in [1.54, 1.807) is 13.0 Å². The molecule has 3 fully saturated rings.